The molecule has 0 spiro atoms. The van der Waals surface area contributed by atoms with E-state index in [0.29, 0.717) is 10.6 Å². The number of carbonyl (C=O) groups excluding carboxylic acids is 2. The van der Waals surface area contributed by atoms with Crippen LogP contribution in [0.1, 0.15) is 33.3 Å². The average Bonchev–Trinajstić information content (AvgIpc) is 2.91. The minimum absolute atomic E-state index is 0.0376. The zero-order valence-electron chi connectivity index (χ0n) is 23.3. The molecule has 1 N–H and O–H groups in total. The van der Waals surface area contributed by atoms with Crippen molar-refractivity contribution in [3.8, 4) is 5.75 Å². The lowest BCUT2D eigenvalue weighted by molar-refractivity contribution is -0.140. The highest BCUT2D eigenvalue weighted by molar-refractivity contribution is 7.92. The van der Waals surface area contributed by atoms with Crippen LogP contribution in [0, 0.1) is 0 Å². The van der Waals surface area contributed by atoms with Crippen LogP contribution in [0.15, 0.2) is 71.6 Å². The minimum Gasteiger partial charge on any atom is -0.495 e. The molecule has 0 aliphatic carbocycles. The summed E-state index contributed by atoms with van der Waals surface area (Å²) in [6.45, 7) is 6.35. The summed E-state index contributed by atoms with van der Waals surface area (Å²) in [5.41, 5.74) is 0.0972. The van der Waals surface area contributed by atoms with E-state index in [1.54, 1.807) is 49.4 Å². The lowest BCUT2D eigenvalue weighted by Gasteiger charge is -2.33. The molecular formula is C29H32Cl3N3O5S. The molecule has 0 radical (unpaired) electrons. The molecule has 0 aromatic heterocycles. The topological polar surface area (TPSA) is 96.0 Å². The first-order valence-electron chi connectivity index (χ1n) is 12.6. The molecule has 0 unspecified atom stereocenters. The molecule has 12 heteroatoms. The number of carbonyl (C=O) groups is 2. The summed E-state index contributed by atoms with van der Waals surface area (Å²) in [7, 11) is -2.90. The zero-order chi connectivity index (χ0) is 30.5. The van der Waals surface area contributed by atoms with Crippen molar-refractivity contribution in [2.75, 3.05) is 18.0 Å². The average molecular weight is 641 g/mol. The van der Waals surface area contributed by atoms with E-state index in [1.807, 2.05) is 20.8 Å². The van der Waals surface area contributed by atoms with E-state index in [4.69, 9.17) is 39.5 Å². The maximum atomic E-state index is 14.1. The molecule has 0 aliphatic heterocycles. The van der Waals surface area contributed by atoms with E-state index < -0.39 is 40.0 Å². The Morgan fingerprint density at radius 2 is 1.61 bits per heavy atom. The molecule has 0 fully saturated rings. The Morgan fingerprint density at radius 3 is 2.20 bits per heavy atom. The van der Waals surface area contributed by atoms with E-state index in [-0.39, 0.29) is 32.9 Å². The normalized spacial score (nSPS) is 12.4. The Hall–Kier alpha value is -2.98. The van der Waals surface area contributed by atoms with Gasteiger partial charge in [0.05, 0.1) is 27.7 Å². The fraction of sp³-hybridized carbons (Fsp3) is 0.310. The summed E-state index contributed by atoms with van der Waals surface area (Å²) in [6.07, 6.45) is 0. The van der Waals surface area contributed by atoms with Crippen LogP contribution in [-0.4, -0.2) is 50.4 Å². The summed E-state index contributed by atoms with van der Waals surface area (Å²) in [5, 5.41) is 3.73. The molecule has 1 atom stereocenters. The molecule has 0 saturated carbocycles. The molecule has 3 aromatic rings. The van der Waals surface area contributed by atoms with Crippen LogP contribution in [0.4, 0.5) is 5.69 Å². The molecule has 220 valence electrons. The van der Waals surface area contributed by atoms with Gasteiger partial charge in [-0.25, -0.2) is 8.42 Å². The highest BCUT2D eigenvalue weighted by atomic mass is 35.5. The quantitative estimate of drug-likeness (QED) is 0.286. The predicted octanol–water partition coefficient (Wildman–Crippen LogP) is 6.18. The molecule has 8 nitrogen and oxygen atoms in total. The Morgan fingerprint density at radius 1 is 0.951 bits per heavy atom. The van der Waals surface area contributed by atoms with Gasteiger partial charge in [0.25, 0.3) is 10.0 Å². The van der Waals surface area contributed by atoms with Gasteiger partial charge in [-0.2, -0.15) is 0 Å². The lowest BCUT2D eigenvalue weighted by Crippen LogP contribution is -2.54. The molecule has 3 aromatic carbocycles. The third-order valence-corrected chi connectivity index (χ3v) is 8.77. The van der Waals surface area contributed by atoms with E-state index in [1.165, 1.54) is 36.3 Å². The number of hydrogen-bond acceptors (Lipinski definition) is 5. The van der Waals surface area contributed by atoms with Crippen molar-refractivity contribution >= 4 is 62.3 Å². The van der Waals surface area contributed by atoms with Crippen molar-refractivity contribution in [1.82, 2.24) is 10.2 Å². The van der Waals surface area contributed by atoms with Crippen LogP contribution in [0.5, 0.6) is 5.75 Å². The van der Waals surface area contributed by atoms with Gasteiger partial charge < -0.3 is 15.0 Å². The summed E-state index contributed by atoms with van der Waals surface area (Å²) in [4.78, 5) is 28.5. The molecule has 3 rings (SSSR count). The molecule has 41 heavy (non-hydrogen) atoms. The second kappa shape index (κ2) is 13.3. The van der Waals surface area contributed by atoms with Gasteiger partial charge in [0.15, 0.2) is 0 Å². The maximum Gasteiger partial charge on any atom is 0.264 e. The fourth-order valence-corrected chi connectivity index (χ4v) is 5.91. The maximum absolute atomic E-state index is 14.1. The lowest BCUT2D eigenvalue weighted by atomic mass is 10.1. The Kier molecular flexibility index (Phi) is 10.6. The molecule has 0 heterocycles. The van der Waals surface area contributed by atoms with Crippen LogP contribution in [0.25, 0.3) is 0 Å². The zero-order valence-corrected chi connectivity index (χ0v) is 26.4. The van der Waals surface area contributed by atoms with E-state index in [2.05, 4.69) is 5.32 Å². The van der Waals surface area contributed by atoms with E-state index in [9.17, 15) is 18.0 Å². The number of ether oxygens (including phenoxy) is 1. The molecular weight excluding hydrogens is 609 g/mol. The van der Waals surface area contributed by atoms with Crippen LogP contribution in [0.3, 0.4) is 0 Å². The number of methoxy groups -OCH3 is 1. The Balaban J connectivity index is 2.11. The second-order valence-electron chi connectivity index (χ2n) is 10.3. The number of rotatable bonds is 10. The Bertz CT molecular complexity index is 1510. The number of benzene rings is 3. The van der Waals surface area contributed by atoms with Crippen molar-refractivity contribution < 1.29 is 22.7 Å². The van der Waals surface area contributed by atoms with Crippen molar-refractivity contribution in [2.24, 2.45) is 0 Å². The van der Waals surface area contributed by atoms with Gasteiger partial charge in [-0.1, -0.05) is 59.1 Å². The van der Waals surface area contributed by atoms with Gasteiger partial charge in [0.2, 0.25) is 11.8 Å². The van der Waals surface area contributed by atoms with E-state index >= 15 is 0 Å². The van der Waals surface area contributed by atoms with Crippen LogP contribution < -0.4 is 14.4 Å². The number of nitrogens with one attached hydrogen (secondary N) is 1. The van der Waals surface area contributed by atoms with Crippen molar-refractivity contribution in [3.05, 3.63) is 87.4 Å². The summed E-state index contributed by atoms with van der Waals surface area (Å²) in [6, 6.07) is 16.1. The molecule has 2 amide bonds. The SMILES string of the molecule is COc1ccc(Cl)cc1N(CC(=O)N(Cc1ccc(Cl)c(Cl)c1)[C@@H](C)C(=O)NC(C)(C)C)S(=O)(=O)c1ccccc1. The van der Waals surface area contributed by atoms with Crippen molar-refractivity contribution in [3.63, 3.8) is 0 Å². The number of halogens is 3. The molecule has 0 aliphatic rings. The number of anilines is 1. The molecule has 0 saturated heterocycles. The highest BCUT2D eigenvalue weighted by Gasteiger charge is 2.34. The van der Waals surface area contributed by atoms with Crippen LogP contribution in [-0.2, 0) is 26.2 Å². The Labute approximate surface area is 256 Å². The van der Waals surface area contributed by atoms with Crippen molar-refractivity contribution in [2.45, 2.75) is 50.7 Å². The van der Waals surface area contributed by atoms with Gasteiger partial charge in [0, 0.05) is 17.1 Å². The number of hydrogen-bond donors (Lipinski definition) is 1. The standard InChI is InChI=1S/C29H32Cl3N3O5S/c1-19(28(37)33-29(2,3)4)34(17-20-11-13-23(31)24(32)15-20)27(36)18-35(25-16-21(30)12-14-26(25)40-5)41(38,39)22-9-7-6-8-10-22/h6-16,19H,17-18H2,1-5H3,(H,33,37)/t19-/m0/s1. The first-order chi connectivity index (χ1) is 19.1. The highest BCUT2D eigenvalue weighted by Crippen LogP contribution is 2.35. The summed E-state index contributed by atoms with van der Waals surface area (Å²) < 4.78 is 34.3. The summed E-state index contributed by atoms with van der Waals surface area (Å²) in [5.74, 6) is -0.867. The third kappa shape index (κ3) is 8.29. The number of sulfonamides is 1. The minimum atomic E-state index is -4.28. The smallest absolute Gasteiger partial charge is 0.264 e. The van der Waals surface area contributed by atoms with Crippen molar-refractivity contribution in [1.29, 1.82) is 0 Å². The second-order valence-corrected chi connectivity index (χ2v) is 13.4. The van der Waals surface area contributed by atoms with Gasteiger partial charge >= 0.3 is 0 Å². The largest absolute Gasteiger partial charge is 0.495 e. The van der Waals surface area contributed by atoms with Gasteiger partial charge in [0.1, 0.15) is 18.3 Å². The molecule has 0 bridgehead atoms. The number of nitrogens with zero attached hydrogens (tertiary/aromatic N) is 2. The first-order valence-corrected chi connectivity index (χ1v) is 15.2. The van der Waals surface area contributed by atoms with Gasteiger partial charge in [-0.05, 0) is 75.7 Å². The van der Waals surface area contributed by atoms with Gasteiger partial charge in [-0.3, -0.25) is 13.9 Å². The fourth-order valence-electron chi connectivity index (χ4n) is 3.98. The van der Waals surface area contributed by atoms with Crippen LogP contribution in [0.2, 0.25) is 15.1 Å². The third-order valence-electron chi connectivity index (χ3n) is 6.02. The summed E-state index contributed by atoms with van der Waals surface area (Å²) >= 11 is 18.5. The van der Waals surface area contributed by atoms with Gasteiger partial charge in [-0.15, -0.1) is 0 Å². The first kappa shape index (κ1) is 32.5. The van der Waals surface area contributed by atoms with Crippen LogP contribution >= 0.6 is 34.8 Å². The van der Waals surface area contributed by atoms with E-state index in [0.717, 1.165) is 4.31 Å². The monoisotopic (exact) mass is 639 g/mol. The number of amides is 2. The predicted molar refractivity (Wildman–Crippen MR) is 163 cm³/mol.